The second-order valence-corrected chi connectivity index (χ2v) is 6.66. The lowest BCUT2D eigenvalue weighted by atomic mass is 10.1. The van der Waals surface area contributed by atoms with Crippen molar-refractivity contribution in [2.45, 2.75) is 20.4 Å². The Labute approximate surface area is 151 Å². The number of nitrogens with two attached hydrogens (primary N) is 1. The molecule has 0 fully saturated rings. The highest BCUT2D eigenvalue weighted by Gasteiger charge is 2.15. The van der Waals surface area contributed by atoms with Crippen LogP contribution >= 0.6 is 0 Å². The van der Waals surface area contributed by atoms with Gasteiger partial charge in [0.1, 0.15) is 11.6 Å². The quantitative estimate of drug-likeness (QED) is 0.526. The fourth-order valence-corrected chi connectivity index (χ4v) is 3.19. The lowest BCUT2D eigenvalue weighted by molar-refractivity contribution is 0.602. The summed E-state index contributed by atoms with van der Waals surface area (Å²) in [6.07, 6.45) is 0. The number of rotatable bonds is 3. The van der Waals surface area contributed by atoms with Gasteiger partial charge in [-0.3, -0.25) is 0 Å². The first-order valence-corrected chi connectivity index (χ1v) is 8.60. The van der Waals surface area contributed by atoms with E-state index in [9.17, 15) is 4.39 Å². The fraction of sp³-hybridized carbons (Fsp3) is 0.136. The van der Waals surface area contributed by atoms with Gasteiger partial charge in [0.15, 0.2) is 0 Å². The minimum Gasteiger partial charge on any atom is -0.399 e. The van der Waals surface area contributed by atoms with Gasteiger partial charge in [-0.15, -0.1) is 0 Å². The molecule has 130 valence electrons. The van der Waals surface area contributed by atoms with Gasteiger partial charge < -0.3 is 10.3 Å². The van der Waals surface area contributed by atoms with Crippen molar-refractivity contribution in [2.24, 2.45) is 0 Å². The number of anilines is 1. The molecular weight excluding hydrogens is 325 g/mol. The Hall–Kier alpha value is -3.14. The van der Waals surface area contributed by atoms with Crippen molar-refractivity contribution >= 4 is 16.7 Å². The first kappa shape index (κ1) is 16.3. The maximum absolute atomic E-state index is 14.3. The van der Waals surface area contributed by atoms with Crippen molar-refractivity contribution in [3.63, 3.8) is 0 Å². The van der Waals surface area contributed by atoms with E-state index in [4.69, 9.17) is 10.7 Å². The molecule has 2 N–H and O–H groups in total. The molecule has 0 aliphatic carbocycles. The zero-order valence-electron chi connectivity index (χ0n) is 14.8. The molecule has 0 aliphatic rings. The summed E-state index contributed by atoms with van der Waals surface area (Å²) in [4.78, 5) is 4.84. The van der Waals surface area contributed by atoms with Crippen LogP contribution in [0.5, 0.6) is 0 Å². The van der Waals surface area contributed by atoms with Crippen LogP contribution in [0.25, 0.3) is 22.4 Å². The second-order valence-electron chi connectivity index (χ2n) is 6.66. The van der Waals surface area contributed by atoms with Gasteiger partial charge in [0, 0.05) is 16.8 Å². The van der Waals surface area contributed by atoms with E-state index in [1.54, 1.807) is 6.07 Å². The zero-order chi connectivity index (χ0) is 18.3. The number of benzene rings is 3. The van der Waals surface area contributed by atoms with Gasteiger partial charge in [0.25, 0.3) is 0 Å². The van der Waals surface area contributed by atoms with Crippen molar-refractivity contribution in [1.29, 1.82) is 0 Å². The number of aryl methyl sites for hydroxylation is 2. The molecule has 0 radical (unpaired) electrons. The number of hydrogen-bond donors (Lipinski definition) is 1. The van der Waals surface area contributed by atoms with E-state index < -0.39 is 0 Å². The molecule has 3 nitrogen and oxygen atoms in total. The van der Waals surface area contributed by atoms with Gasteiger partial charge in [0.2, 0.25) is 0 Å². The summed E-state index contributed by atoms with van der Waals surface area (Å²) in [6, 6.07) is 18.7. The summed E-state index contributed by atoms with van der Waals surface area (Å²) in [5, 5.41) is 0. The maximum atomic E-state index is 14.3. The van der Waals surface area contributed by atoms with E-state index in [0.717, 1.165) is 22.4 Å². The molecule has 0 atom stereocenters. The Bertz CT molecular complexity index is 1090. The van der Waals surface area contributed by atoms with Crippen molar-refractivity contribution in [1.82, 2.24) is 9.55 Å². The Morgan fingerprint density at radius 1 is 0.962 bits per heavy atom. The Morgan fingerprint density at radius 3 is 2.38 bits per heavy atom. The largest absolute Gasteiger partial charge is 0.399 e. The van der Waals surface area contributed by atoms with E-state index in [1.807, 2.05) is 36.4 Å². The van der Waals surface area contributed by atoms with Crippen LogP contribution in [-0.4, -0.2) is 9.55 Å². The molecule has 0 bridgehead atoms. The Balaban J connectivity index is 1.95. The molecule has 0 unspecified atom stereocenters. The average Bonchev–Trinajstić information content (AvgIpc) is 2.95. The molecule has 3 aromatic carbocycles. The SMILES string of the molecule is Cc1cc2nc(-c3ccc(N)cc3)n(Cc3ccccc3F)c2cc1C. The van der Waals surface area contributed by atoms with Gasteiger partial charge in [-0.05, 0) is 67.4 Å². The maximum Gasteiger partial charge on any atom is 0.141 e. The van der Waals surface area contributed by atoms with Crippen LogP contribution in [0.1, 0.15) is 16.7 Å². The molecule has 1 aromatic heterocycles. The van der Waals surface area contributed by atoms with E-state index in [1.165, 1.54) is 17.2 Å². The number of halogens is 1. The fourth-order valence-electron chi connectivity index (χ4n) is 3.19. The molecular formula is C22H20FN3. The normalized spacial score (nSPS) is 11.2. The molecule has 4 aromatic rings. The van der Waals surface area contributed by atoms with Gasteiger partial charge in [-0.25, -0.2) is 9.37 Å². The van der Waals surface area contributed by atoms with Crippen molar-refractivity contribution in [2.75, 3.05) is 5.73 Å². The number of fused-ring (bicyclic) bond motifs is 1. The van der Waals surface area contributed by atoms with Crippen LogP contribution < -0.4 is 5.73 Å². The summed E-state index contributed by atoms with van der Waals surface area (Å²) >= 11 is 0. The summed E-state index contributed by atoms with van der Waals surface area (Å²) in [6.45, 7) is 4.58. The van der Waals surface area contributed by atoms with Gasteiger partial charge >= 0.3 is 0 Å². The summed E-state index contributed by atoms with van der Waals surface area (Å²) in [5.74, 6) is 0.606. The van der Waals surface area contributed by atoms with Crippen molar-refractivity contribution < 1.29 is 4.39 Å². The van der Waals surface area contributed by atoms with Crippen molar-refractivity contribution in [3.05, 3.63) is 83.2 Å². The molecule has 0 saturated heterocycles. The second kappa shape index (κ2) is 6.30. The van der Waals surface area contributed by atoms with Crippen LogP contribution in [0, 0.1) is 19.7 Å². The highest BCUT2D eigenvalue weighted by atomic mass is 19.1. The van der Waals surface area contributed by atoms with Gasteiger partial charge in [-0.1, -0.05) is 18.2 Å². The molecule has 1 heterocycles. The molecule has 0 saturated carbocycles. The number of nitrogen functional groups attached to an aromatic ring is 1. The third kappa shape index (κ3) is 2.84. The van der Waals surface area contributed by atoms with E-state index >= 15 is 0 Å². The first-order valence-electron chi connectivity index (χ1n) is 8.60. The number of imidazole rings is 1. The van der Waals surface area contributed by atoms with Crippen LogP contribution in [0.15, 0.2) is 60.7 Å². The first-order chi connectivity index (χ1) is 12.5. The third-order valence-corrected chi connectivity index (χ3v) is 4.82. The highest BCUT2D eigenvalue weighted by Crippen LogP contribution is 2.28. The van der Waals surface area contributed by atoms with Gasteiger partial charge in [-0.2, -0.15) is 0 Å². The molecule has 0 aliphatic heterocycles. The predicted octanol–water partition coefficient (Wildman–Crippen LogP) is 5.09. The number of aromatic nitrogens is 2. The lowest BCUT2D eigenvalue weighted by Gasteiger charge is -2.11. The zero-order valence-corrected chi connectivity index (χ0v) is 14.8. The average molecular weight is 345 g/mol. The van der Waals surface area contributed by atoms with Crippen molar-refractivity contribution in [3.8, 4) is 11.4 Å². The number of hydrogen-bond acceptors (Lipinski definition) is 2. The molecule has 4 heteroatoms. The molecule has 0 spiro atoms. The van der Waals surface area contributed by atoms with Crippen LogP contribution in [0.2, 0.25) is 0 Å². The summed E-state index contributed by atoms with van der Waals surface area (Å²) in [7, 11) is 0. The monoisotopic (exact) mass is 345 g/mol. The lowest BCUT2D eigenvalue weighted by Crippen LogP contribution is -2.04. The van der Waals surface area contributed by atoms with E-state index in [-0.39, 0.29) is 5.82 Å². The van der Waals surface area contributed by atoms with E-state index in [2.05, 4.69) is 30.5 Å². The smallest absolute Gasteiger partial charge is 0.141 e. The number of nitrogens with zero attached hydrogens (tertiary/aromatic N) is 2. The van der Waals surface area contributed by atoms with Crippen LogP contribution in [0.3, 0.4) is 0 Å². The highest BCUT2D eigenvalue weighted by molar-refractivity contribution is 5.82. The van der Waals surface area contributed by atoms with E-state index in [0.29, 0.717) is 17.8 Å². The summed E-state index contributed by atoms with van der Waals surface area (Å²) in [5.41, 5.74) is 12.4. The minimum absolute atomic E-state index is 0.207. The minimum atomic E-state index is -0.207. The van der Waals surface area contributed by atoms with Crippen LogP contribution in [-0.2, 0) is 6.54 Å². The standard InChI is InChI=1S/C22H20FN3/c1-14-11-20-21(12-15(14)2)26(13-17-5-3-4-6-19(17)23)22(25-20)16-7-9-18(24)10-8-16/h3-12H,13,24H2,1-2H3. The molecule has 0 amide bonds. The predicted molar refractivity (Wildman–Crippen MR) is 105 cm³/mol. The Kier molecular flexibility index (Phi) is 3.96. The third-order valence-electron chi connectivity index (χ3n) is 4.82. The summed E-state index contributed by atoms with van der Waals surface area (Å²) < 4.78 is 16.3. The Morgan fingerprint density at radius 2 is 1.65 bits per heavy atom. The van der Waals surface area contributed by atoms with Crippen LogP contribution in [0.4, 0.5) is 10.1 Å². The molecule has 26 heavy (non-hydrogen) atoms. The molecule has 4 rings (SSSR count). The van der Waals surface area contributed by atoms with Gasteiger partial charge in [0.05, 0.1) is 17.6 Å². The topological polar surface area (TPSA) is 43.8 Å².